The third kappa shape index (κ3) is 3.60. The van der Waals surface area contributed by atoms with Crippen molar-refractivity contribution >= 4 is 22.4 Å². The number of hydrogen-bond acceptors (Lipinski definition) is 5. The molecule has 1 N–H and O–H groups in total. The van der Waals surface area contributed by atoms with Crippen molar-refractivity contribution in [3.63, 3.8) is 0 Å². The first kappa shape index (κ1) is 15.5. The fourth-order valence-corrected chi connectivity index (χ4v) is 3.03. The van der Waals surface area contributed by atoms with E-state index in [0.29, 0.717) is 11.4 Å². The second-order valence-corrected chi connectivity index (χ2v) is 5.83. The van der Waals surface area contributed by atoms with Crippen molar-refractivity contribution in [2.45, 2.75) is 33.9 Å². The molecule has 2 rings (SSSR count). The van der Waals surface area contributed by atoms with Crippen LogP contribution in [-0.2, 0) is 13.1 Å². The second-order valence-electron chi connectivity index (χ2n) is 4.83. The molecule has 1 amide bonds. The highest BCUT2D eigenvalue weighted by Crippen LogP contribution is 2.24. The summed E-state index contributed by atoms with van der Waals surface area (Å²) in [6.45, 7) is 8.09. The number of carbonyl (C=O) groups is 1. The van der Waals surface area contributed by atoms with Crippen LogP contribution in [0, 0.1) is 6.92 Å². The van der Waals surface area contributed by atoms with Crippen LogP contribution in [0.3, 0.4) is 0 Å². The summed E-state index contributed by atoms with van der Waals surface area (Å²) < 4.78 is 1.86. The maximum Gasteiger partial charge on any atom is 0.265 e. The molecule has 2 aromatic heterocycles. The Balaban J connectivity index is 2.08. The third-order valence-electron chi connectivity index (χ3n) is 3.10. The van der Waals surface area contributed by atoms with E-state index in [1.807, 2.05) is 31.6 Å². The molecule has 0 aliphatic heterocycles. The normalized spacial score (nSPS) is 10.7. The quantitative estimate of drug-likeness (QED) is 0.890. The van der Waals surface area contributed by atoms with Gasteiger partial charge in [0.25, 0.3) is 5.91 Å². The summed E-state index contributed by atoms with van der Waals surface area (Å²) in [6, 6.07) is 0. The topological polar surface area (TPSA) is 63.1 Å². The summed E-state index contributed by atoms with van der Waals surface area (Å²) >= 11 is 1.41. The Morgan fingerprint density at radius 1 is 1.48 bits per heavy atom. The molecule has 0 spiro atoms. The molecule has 0 unspecified atom stereocenters. The van der Waals surface area contributed by atoms with Gasteiger partial charge in [-0.2, -0.15) is 5.10 Å². The summed E-state index contributed by atoms with van der Waals surface area (Å²) in [6.07, 6.45) is 3.77. The maximum atomic E-state index is 12.5. The first-order valence-corrected chi connectivity index (χ1v) is 7.84. The van der Waals surface area contributed by atoms with Gasteiger partial charge in [-0.05, 0) is 20.8 Å². The largest absolute Gasteiger partial charge is 0.362 e. The molecule has 2 aromatic rings. The van der Waals surface area contributed by atoms with Gasteiger partial charge in [0.2, 0.25) is 0 Å². The van der Waals surface area contributed by atoms with Crippen LogP contribution in [0.25, 0.3) is 0 Å². The molecule has 114 valence electrons. The highest BCUT2D eigenvalue weighted by atomic mass is 32.1. The van der Waals surface area contributed by atoms with E-state index in [9.17, 15) is 4.79 Å². The van der Waals surface area contributed by atoms with Crippen LogP contribution in [0.5, 0.6) is 0 Å². The van der Waals surface area contributed by atoms with Crippen molar-refractivity contribution in [3.8, 4) is 0 Å². The average Bonchev–Trinajstić information content (AvgIpc) is 3.05. The van der Waals surface area contributed by atoms with Gasteiger partial charge >= 0.3 is 0 Å². The van der Waals surface area contributed by atoms with Gasteiger partial charge in [-0.25, -0.2) is 4.98 Å². The molecule has 0 aliphatic rings. The van der Waals surface area contributed by atoms with Crippen LogP contribution in [0.4, 0.5) is 5.13 Å². The molecule has 0 fully saturated rings. The van der Waals surface area contributed by atoms with E-state index in [1.54, 1.807) is 18.1 Å². The minimum Gasteiger partial charge on any atom is -0.362 e. The van der Waals surface area contributed by atoms with Crippen LogP contribution >= 0.6 is 11.3 Å². The monoisotopic (exact) mass is 307 g/mol. The predicted octanol–water partition coefficient (Wildman–Crippen LogP) is 2.37. The molecule has 6 nitrogen and oxygen atoms in total. The Morgan fingerprint density at radius 3 is 2.86 bits per heavy atom. The van der Waals surface area contributed by atoms with Gasteiger partial charge in [0, 0.05) is 38.4 Å². The van der Waals surface area contributed by atoms with Crippen LogP contribution in [0.15, 0.2) is 12.4 Å². The van der Waals surface area contributed by atoms with Crippen molar-refractivity contribution < 1.29 is 4.79 Å². The maximum absolute atomic E-state index is 12.5. The van der Waals surface area contributed by atoms with Gasteiger partial charge in [-0.3, -0.25) is 9.48 Å². The van der Waals surface area contributed by atoms with Crippen molar-refractivity contribution in [3.05, 3.63) is 28.5 Å². The summed E-state index contributed by atoms with van der Waals surface area (Å²) in [4.78, 5) is 19.3. The Hall–Kier alpha value is -1.89. The van der Waals surface area contributed by atoms with Gasteiger partial charge in [-0.1, -0.05) is 11.3 Å². The summed E-state index contributed by atoms with van der Waals surface area (Å²) in [5, 5.41) is 8.17. The Labute approximate surface area is 128 Å². The van der Waals surface area contributed by atoms with E-state index in [2.05, 4.69) is 15.4 Å². The summed E-state index contributed by atoms with van der Waals surface area (Å²) in [5.74, 6) is -0.00148. The third-order valence-corrected chi connectivity index (χ3v) is 4.20. The first-order chi connectivity index (χ1) is 10.0. The van der Waals surface area contributed by atoms with Gasteiger partial charge in [0.1, 0.15) is 4.88 Å². The van der Waals surface area contributed by atoms with E-state index in [0.717, 1.165) is 29.5 Å². The van der Waals surface area contributed by atoms with Crippen molar-refractivity contribution in [2.75, 3.05) is 18.9 Å². The lowest BCUT2D eigenvalue weighted by Crippen LogP contribution is -2.25. The molecule has 0 saturated heterocycles. The number of nitrogens with one attached hydrogen (secondary N) is 1. The van der Waals surface area contributed by atoms with Gasteiger partial charge in [0.05, 0.1) is 11.9 Å². The lowest BCUT2D eigenvalue weighted by molar-refractivity contribution is 0.0789. The molecule has 0 saturated carbocycles. The fourth-order valence-electron chi connectivity index (χ4n) is 2.00. The van der Waals surface area contributed by atoms with E-state index in [4.69, 9.17) is 0 Å². The van der Waals surface area contributed by atoms with E-state index in [1.165, 1.54) is 11.3 Å². The highest BCUT2D eigenvalue weighted by Gasteiger charge is 2.19. The smallest absolute Gasteiger partial charge is 0.265 e. The number of rotatable bonds is 6. The number of thiazole rings is 1. The zero-order chi connectivity index (χ0) is 15.4. The Morgan fingerprint density at radius 2 is 2.24 bits per heavy atom. The molecule has 7 heteroatoms. The lowest BCUT2D eigenvalue weighted by atomic mass is 10.3. The van der Waals surface area contributed by atoms with Gasteiger partial charge in [0.15, 0.2) is 5.13 Å². The zero-order valence-corrected chi connectivity index (χ0v) is 13.7. The van der Waals surface area contributed by atoms with Crippen LogP contribution < -0.4 is 5.32 Å². The zero-order valence-electron chi connectivity index (χ0n) is 12.9. The molecule has 2 heterocycles. The molecule has 0 aliphatic carbocycles. The number of anilines is 1. The number of aromatic nitrogens is 3. The number of amides is 1. The predicted molar refractivity (Wildman–Crippen MR) is 84.7 cm³/mol. The van der Waals surface area contributed by atoms with Crippen LogP contribution in [0.2, 0.25) is 0 Å². The Bertz CT molecular complexity index is 619. The minimum atomic E-state index is -0.00148. The van der Waals surface area contributed by atoms with E-state index >= 15 is 0 Å². The van der Waals surface area contributed by atoms with Crippen molar-refractivity contribution in [2.24, 2.45) is 0 Å². The Kier molecular flexibility index (Phi) is 4.95. The minimum absolute atomic E-state index is 0.00148. The van der Waals surface area contributed by atoms with Crippen LogP contribution in [-0.4, -0.2) is 39.2 Å². The molecule has 0 bridgehead atoms. The number of carbonyl (C=O) groups excluding carboxylic acids is 1. The number of aryl methyl sites for hydroxylation is 2. The lowest BCUT2D eigenvalue weighted by Gasteiger charge is -2.15. The summed E-state index contributed by atoms with van der Waals surface area (Å²) in [7, 11) is 1.80. The molecule has 0 aromatic carbocycles. The van der Waals surface area contributed by atoms with Crippen LogP contribution in [0.1, 0.15) is 34.8 Å². The van der Waals surface area contributed by atoms with Gasteiger partial charge in [-0.15, -0.1) is 0 Å². The fraction of sp³-hybridized carbons (Fsp3) is 0.500. The highest BCUT2D eigenvalue weighted by molar-refractivity contribution is 7.17. The molecular formula is C14H21N5OS. The first-order valence-electron chi connectivity index (χ1n) is 7.03. The molecular weight excluding hydrogens is 286 g/mol. The van der Waals surface area contributed by atoms with Gasteiger partial charge < -0.3 is 10.2 Å². The van der Waals surface area contributed by atoms with Crippen molar-refractivity contribution in [1.82, 2.24) is 19.7 Å². The molecule has 0 radical (unpaired) electrons. The SMILES string of the molecule is CCNc1nc(C)c(C(=O)N(C)Cc2cnn(CC)c2)s1. The van der Waals surface area contributed by atoms with E-state index in [-0.39, 0.29) is 5.91 Å². The van der Waals surface area contributed by atoms with E-state index < -0.39 is 0 Å². The molecule has 0 atom stereocenters. The standard InChI is InChI=1S/C14H21N5OS/c1-5-15-14-17-10(3)12(21-14)13(20)18(4)8-11-7-16-19(6-2)9-11/h7,9H,5-6,8H2,1-4H3,(H,15,17). The second kappa shape index (κ2) is 6.71. The summed E-state index contributed by atoms with van der Waals surface area (Å²) in [5.41, 5.74) is 1.80. The number of hydrogen-bond donors (Lipinski definition) is 1. The number of nitrogens with zero attached hydrogens (tertiary/aromatic N) is 4. The average molecular weight is 307 g/mol. The van der Waals surface area contributed by atoms with Crippen molar-refractivity contribution in [1.29, 1.82) is 0 Å². The molecule has 21 heavy (non-hydrogen) atoms.